The van der Waals surface area contributed by atoms with E-state index in [0.29, 0.717) is 34.4 Å². The van der Waals surface area contributed by atoms with Crippen LogP contribution in [0.3, 0.4) is 0 Å². The number of nitrogens with zero attached hydrogens (tertiary/aromatic N) is 2. The average molecular weight is 490 g/mol. The second kappa shape index (κ2) is 10.5. The van der Waals surface area contributed by atoms with Crippen LogP contribution in [0.1, 0.15) is 15.9 Å². The van der Waals surface area contributed by atoms with E-state index in [1.807, 2.05) is 0 Å². The monoisotopic (exact) mass is 490 g/mol. The Bertz CT molecular complexity index is 1540. The first kappa shape index (κ1) is 24.2. The SMILES string of the molecule is N/N=C(/CNC(=O)c1ccc(-n2c(=O)[nH]c3cc(NCc4ccc(F)cc4)ccc3c2=O)cc1)NN. The molecule has 0 fully saturated rings. The number of H-pyrrole nitrogens is 1. The van der Waals surface area contributed by atoms with Gasteiger partial charge >= 0.3 is 5.69 Å². The van der Waals surface area contributed by atoms with Gasteiger partial charge in [-0.25, -0.2) is 19.6 Å². The van der Waals surface area contributed by atoms with Crippen LogP contribution in [-0.4, -0.2) is 27.8 Å². The molecule has 0 bridgehead atoms. The number of anilines is 1. The summed E-state index contributed by atoms with van der Waals surface area (Å²) in [4.78, 5) is 40.9. The van der Waals surface area contributed by atoms with Crippen LogP contribution in [0.25, 0.3) is 16.6 Å². The minimum atomic E-state index is -0.627. The summed E-state index contributed by atoms with van der Waals surface area (Å²) in [6.45, 7) is 0.439. The quantitative estimate of drug-likeness (QED) is 0.0966. The molecule has 4 rings (SSSR count). The number of carbonyl (C=O) groups excluding carboxylic acids is 1. The van der Waals surface area contributed by atoms with E-state index in [1.54, 1.807) is 30.3 Å². The third kappa shape index (κ3) is 5.23. The zero-order valence-electron chi connectivity index (χ0n) is 18.9. The van der Waals surface area contributed by atoms with E-state index in [-0.39, 0.29) is 18.2 Å². The first-order valence-corrected chi connectivity index (χ1v) is 10.8. The highest BCUT2D eigenvalue weighted by Gasteiger charge is 2.12. The Morgan fingerprint density at radius 3 is 2.42 bits per heavy atom. The van der Waals surface area contributed by atoms with Gasteiger partial charge in [0.2, 0.25) is 0 Å². The van der Waals surface area contributed by atoms with Crippen molar-refractivity contribution in [2.45, 2.75) is 6.54 Å². The van der Waals surface area contributed by atoms with Gasteiger partial charge in [-0.2, -0.15) is 5.10 Å². The minimum Gasteiger partial charge on any atom is -0.381 e. The van der Waals surface area contributed by atoms with Crippen molar-refractivity contribution in [3.63, 3.8) is 0 Å². The molecule has 11 nitrogen and oxygen atoms in total. The highest BCUT2D eigenvalue weighted by atomic mass is 19.1. The first-order valence-electron chi connectivity index (χ1n) is 10.8. The largest absolute Gasteiger partial charge is 0.381 e. The molecule has 0 radical (unpaired) electrons. The highest BCUT2D eigenvalue weighted by molar-refractivity contribution is 5.97. The van der Waals surface area contributed by atoms with Gasteiger partial charge in [0.25, 0.3) is 11.5 Å². The summed E-state index contributed by atoms with van der Waals surface area (Å²) in [5.74, 6) is 9.80. The molecule has 1 aromatic heterocycles. The number of amidine groups is 1. The number of halogens is 1. The third-order valence-corrected chi connectivity index (χ3v) is 5.43. The Morgan fingerprint density at radius 2 is 1.75 bits per heavy atom. The van der Waals surface area contributed by atoms with Crippen molar-refractivity contribution in [2.75, 3.05) is 11.9 Å². The topological polar surface area (TPSA) is 172 Å². The standard InChI is InChI=1S/C24H23FN8O3/c25-16-5-1-14(2-6-16)12-28-17-7-10-19-20(11-17)30-24(36)33(23(19)35)18-8-3-15(4-9-18)22(34)29-13-21(31-26)32-27/h1-11,28H,12-13,26-27H2,(H,29,34)(H,30,36)(H,31,32). The van der Waals surface area contributed by atoms with E-state index >= 15 is 0 Å². The molecular formula is C24H23FN8O3. The second-order valence-corrected chi connectivity index (χ2v) is 7.76. The highest BCUT2D eigenvalue weighted by Crippen LogP contribution is 2.16. The van der Waals surface area contributed by atoms with Crippen LogP contribution in [0.2, 0.25) is 0 Å². The molecule has 1 heterocycles. The fourth-order valence-corrected chi connectivity index (χ4v) is 3.53. The molecule has 0 spiro atoms. The molecule has 0 aliphatic heterocycles. The average Bonchev–Trinajstić information content (AvgIpc) is 2.89. The maximum atomic E-state index is 13.1. The Morgan fingerprint density at radius 1 is 1.03 bits per heavy atom. The number of rotatable bonds is 7. The number of hydrogen-bond donors (Lipinski definition) is 6. The summed E-state index contributed by atoms with van der Waals surface area (Å²) in [7, 11) is 0. The van der Waals surface area contributed by atoms with Crippen LogP contribution >= 0.6 is 0 Å². The van der Waals surface area contributed by atoms with Gasteiger partial charge in [0.05, 0.1) is 23.1 Å². The molecule has 0 aliphatic rings. The molecule has 8 N–H and O–H groups in total. The van der Waals surface area contributed by atoms with Gasteiger partial charge in [-0.1, -0.05) is 12.1 Å². The lowest BCUT2D eigenvalue weighted by atomic mass is 10.1. The number of nitrogens with one attached hydrogen (secondary N) is 4. The van der Waals surface area contributed by atoms with Crippen LogP contribution in [0.4, 0.5) is 10.1 Å². The van der Waals surface area contributed by atoms with Gasteiger partial charge in [0.1, 0.15) is 5.82 Å². The summed E-state index contributed by atoms with van der Waals surface area (Å²) in [6.07, 6.45) is 0. The van der Waals surface area contributed by atoms with Gasteiger partial charge in [0, 0.05) is 17.8 Å². The molecule has 0 atom stereocenters. The maximum absolute atomic E-state index is 13.1. The number of hydrazine groups is 1. The molecule has 0 saturated heterocycles. The summed E-state index contributed by atoms with van der Waals surface area (Å²) in [5, 5.41) is 9.45. The molecule has 4 aromatic rings. The first-order chi connectivity index (χ1) is 17.4. The number of carbonyl (C=O) groups is 1. The number of fused-ring (bicyclic) bond motifs is 1. The van der Waals surface area contributed by atoms with Crippen molar-refractivity contribution in [2.24, 2.45) is 16.8 Å². The Kier molecular flexibility index (Phi) is 7.07. The maximum Gasteiger partial charge on any atom is 0.333 e. The lowest BCUT2D eigenvalue weighted by molar-refractivity contribution is 0.0959. The van der Waals surface area contributed by atoms with E-state index in [9.17, 15) is 18.8 Å². The molecule has 1 amide bonds. The Balaban J connectivity index is 1.54. The summed E-state index contributed by atoms with van der Waals surface area (Å²) < 4.78 is 14.1. The number of amides is 1. The van der Waals surface area contributed by atoms with Gasteiger partial charge in [-0.3, -0.25) is 9.59 Å². The van der Waals surface area contributed by atoms with E-state index < -0.39 is 17.2 Å². The molecule has 0 aliphatic carbocycles. The van der Waals surface area contributed by atoms with Crippen LogP contribution in [0, 0.1) is 5.82 Å². The van der Waals surface area contributed by atoms with Crippen LogP contribution in [-0.2, 0) is 6.54 Å². The Hall–Kier alpha value is -4.97. The van der Waals surface area contributed by atoms with Crippen molar-refractivity contribution < 1.29 is 9.18 Å². The fraction of sp³-hybridized carbons (Fsp3) is 0.0833. The van der Waals surface area contributed by atoms with E-state index in [2.05, 4.69) is 26.1 Å². The zero-order valence-corrected chi connectivity index (χ0v) is 18.9. The van der Waals surface area contributed by atoms with Crippen LogP contribution in [0.15, 0.2) is 81.4 Å². The van der Waals surface area contributed by atoms with Crippen LogP contribution < -0.4 is 39.0 Å². The smallest absolute Gasteiger partial charge is 0.333 e. The number of aromatic amines is 1. The number of benzene rings is 3. The normalized spacial score (nSPS) is 11.3. The number of aromatic nitrogens is 2. The minimum absolute atomic E-state index is 0.00185. The van der Waals surface area contributed by atoms with E-state index in [0.717, 1.165) is 10.1 Å². The number of nitrogens with two attached hydrogens (primary N) is 2. The van der Waals surface area contributed by atoms with E-state index in [1.165, 1.54) is 36.4 Å². The molecule has 36 heavy (non-hydrogen) atoms. The number of hydrazone groups is 1. The van der Waals surface area contributed by atoms with E-state index in [4.69, 9.17) is 11.7 Å². The second-order valence-electron chi connectivity index (χ2n) is 7.76. The number of hydrogen-bond acceptors (Lipinski definition) is 7. The van der Waals surface area contributed by atoms with Gasteiger partial charge in [-0.05, 0) is 60.2 Å². The molecule has 0 saturated carbocycles. The molecule has 0 unspecified atom stereocenters. The molecular weight excluding hydrogens is 467 g/mol. The van der Waals surface area contributed by atoms with Crippen molar-refractivity contribution in [1.29, 1.82) is 0 Å². The van der Waals surface area contributed by atoms with Crippen molar-refractivity contribution in [1.82, 2.24) is 20.3 Å². The lowest BCUT2D eigenvalue weighted by Crippen LogP contribution is -2.41. The fourth-order valence-electron chi connectivity index (χ4n) is 3.53. The lowest BCUT2D eigenvalue weighted by Gasteiger charge is -2.10. The van der Waals surface area contributed by atoms with Crippen LogP contribution in [0.5, 0.6) is 0 Å². The van der Waals surface area contributed by atoms with Crippen molar-refractivity contribution in [3.8, 4) is 5.69 Å². The Labute approximate surface area is 203 Å². The third-order valence-electron chi connectivity index (χ3n) is 5.43. The van der Waals surface area contributed by atoms with Gasteiger partial charge < -0.3 is 26.9 Å². The van der Waals surface area contributed by atoms with Crippen molar-refractivity contribution in [3.05, 3.63) is 105 Å². The molecule has 12 heteroatoms. The predicted octanol–water partition coefficient (Wildman–Crippen LogP) is 0.895. The van der Waals surface area contributed by atoms with Gasteiger partial charge in [-0.15, -0.1) is 0 Å². The van der Waals surface area contributed by atoms with Gasteiger partial charge in [0.15, 0.2) is 5.84 Å². The predicted molar refractivity (Wildman–Crippen MR) is 135 cm³/mol. The molecule has 3 aromatic carbocycles. The zero-order chi connectivity index (χ0) is 25.7. The summed E-state index contributed by atoms with van der Waals surface area (Å²) in [5.41, 5.74) is 3.65. The summed E-state index contributed by atoms with van der Waals surface area (Å²) in [6, 6.07) is 17.0. The molecule has 184 valence electrons. The van der Waals surface area contributed by atoms with Crippen molar-refractivity contribution >= 4 is 28.3 Å². The summed E-state index contributed by atoms with van der Waals surface area (Å²) >= 11 is 0.